The predicted molar refractivity (Wildman–Crippen MR) is 142 cm³/mol. The van der Waals surface area contributed by atoms with Crippen LogP contribution in [-0.4, -0.2) is 27.0 Å². The van der Waals surface area contributed by atoms with Crippen molar-refractivity contribution in [1.29, 1.82) is 0 Å². The molecule has 0 saturated carbocycles. The van der Waals surface area contributed by atoms with Crippen LogP contribution in [0.4, 0.5) is 0 Å². The van der Waals surface area contributed by atoms with E-state index in [9.17, 15) is 9.90 Å². The molecule has 6 heteroatoms. The fraction of sp³-hybridized carbons (Fsp3) is 0.310. The minimum Gasteiger partial charge on any atom is -0.507 e. The van der Waals surface area contributed by atoms with Crippen LogP contribution in [0.3, 0.4) is 0 Å². The first-order valence-corrected chi connectivity index (χ1v) is 12.4. The lowest BCUT2D eigenvalue weighted by Crippen LogP contribution is -2.07. The number of hydrogen-bond donors (Lipinski definition) is 1. The van der Waals surface area contributed by atoms with Crippen LogP contribution in [-0.2, 0) is 6.54 Å². The topological polar surface area (TPSA) is 64.4 Å². The number of carbonyl (C=O) groups excluding carboxylic acids is 1. The van der Waals surface area contributed by atoms with Crippen LogP contribution in [0, 0.1) is 12.8 Å². The Balaban J connectivity index is 1.41. The number of fused-ring (bicyclic) bond motifs is 1. The summed E-state index contributed by atoms with van der Waals surface area (Å²) in [6.45, 7) is 7.07. The van der Waals surface area contributed by atoms with Crippen LogP contribution in [0.2, 0.25) is 5.02 Å². The Morgan fingerprint density at radius 3 is 2.66 bits per heavy atom. The van der Waals surface area contributed by atoms with Gasteiger partial charge in [0, 0.05) is 29.1 Å². The molecular formula is C29H31ClN2O3. The molecule has 0 atom stereocenters. The van der Waals surface area contributed by atoms with E-state index in [4.69, 9.17) is 21.3 Å². The van der Waals surface area contributed by atoms with E-state index in [1.165, 1.54) is 0 Å². The smallest absolute Gasteiger partial charge is 0.166 e. The van der Waals surface area contributed by atoms with Crippen molar-refractivity contribution in [3.8, 4) is 22.9 Å². The summed E-state index contributed by atoms with van der Waals surface area (Å²) in [5, 5.41) is 11.2. The first-order chi connectivity index (χ1) is 16.8. The zero-order valence-corrected chi connectivity index (χ0v) is 21.2. The van der Waals surface area contributed by atoms with Crippen molar-refractivity contribution in [3.05, 3.63) is 76.8 Å². The fourth-order valence-electron chi connectivity index (χ4n) is 4.25. The second kappa shape index (κ2) is 11.0. The SMILES string of the molecule is Cc1c(OCCCCn2c(-c3cccc(Cl)c3)nc3ccccc32)ccc(C(=O)CC(C)C)c1O. The van der Waals surface area contributed by atoms with E-state index in [1.54, 1.807) is 19.1 Å². The molecule has 3 aromatic carbocycles. The summed E-state index contributed by atoms with van der Waals surface area (Å²) < 4.78 is 8.19. The number of benzene rings is 3. The van der Waals surface area contributed by atoms with Gasteiger partial charge >= 0.3 is 0 Å². The monoisotopic (exact) mass is 490 g/mol. The number of aryl methyl sites for hydroxylation is 1. The zero-order chi connectivity index (χ0) is 24.9. The zero-order valence-electron chi connectivity index (χ0n) is 20.4. The molecule has 0 radical (unpaired) electrons. The van der Waals surface area contributed by atoms with Crippen molar-refractivity contribution >= 4 is 28.4 Å². The Labute approximate surface area is 211 Å². The van der Waals surface area contributed by atoms with Gasteiger partial charge in [-0.1, -0.05) is 49.7 Å². The Morgan fingerprint density at radius 1 is 1.09 bits per heavy atom. The number of imidazole rings is 1. The van der Waals surface area contributed by atoms with Gasteiger partial charge in [-0.3, -0.25) is 4.79 Å². The Kier molecular flexibility index (Phi) is 7.76. The molecule has 0 spiro atoms. The van der Waals surface area contributed by atoms with Crippen molar-refractivity contribution in [1.82, 2.24) is 9.55 Å². The van der Waals surface area contributed by atoms with Gasteiger partial charge in [-0.05, 0) is 62.1 Å². The maximum Gasteiger partial charge on any atom is 0.166 e. The first-order valence-electron chi connectivity index (χ1n) is 12.0. The largest absolute Gasteiger partial charge is 0.507 e. The van der Waals surface area contributed by atoms with Crippen molar-refractivity contribution in [2.75, 3.05) is 6.61 Å². The van der Waals surface area contributed by atoms with Gasteiger partial charge in [0.05, 0.1) is 23.2 Å². The predicted octanol–water partition coefficient (Wildman–Crippen LogP) is 7.46. The second-order valence-corrected chi connectivity index (χ2v) is 9.68. The van der Waals surface area contributed by atoms with Crippen molar-refractivity contribution in [2.24, 2.45) is 5.92 Å². The number of carbonyl (C=O) groups is 1. The number of aromatic hydroxyl groups is 1. The van der Waals surface area contributed by atoms with Crippen molar-refractivity contribution in [3.63, 3.8) is 0 Å². The molecule has 1 aromatic heterocycles. The van der Waals surface area contributed by atoms with Gasteiger partial charge in [0.25, 0.3) is 0 Å². The normalized spacial score (nSPS) is 11.3. The molecule has 182 valence electrons. The van der Waals surface area contributed by atoms with E-state index in [-0.39, 0.29) is 17.5 Å². The lowest BCUT2D eigenvalue weighted by Gasteiger charge is -2.14. The molecule has 0 saturated heterocycles. The van der Waals surface area contributed by atoms with Gasteiger partial charge in [-0.15, -0.1) is 0 Å². The molecule has 0 aliphatic rings. The number of ketones is 1. The number of Topliss-reactive ketones (excluding diaryl/α,β-unsaturated/α-hetero) is 1. The standard InChI is InChI=1S/C29H31ClN2O3/c1-19(2)17-26(33)23-13-14-27(20(3)28(23)34)35-16-7-6-15-32-25-12-5-4-11-24(25)31-29(32)21-9-8-10-22(30)18-21/h4-5,8-14,18-19,34H,6-7,15-17H2,1-3H3. The summed E-state index contributed by atoms with van der Waals surface area (Å²) in [5.74, 6) is 1.72. The van der Waals surface area contributed by atoms with Crippen LogP contribution in [0.25, 0.3) is 22.4 Å². The molecule has 0 aliphatic carbocycles. The van der Waals surface area contributed by atoms with Crippen LogP contribution in [0.1, 0.15) is 49.0 Å². The third-order valence-corrected chi connectivity index (χ3v) is 6.28. The van der Waals surface area contributed by atoms with Crippen molar-refractivity contribution in [2.45, 2.75) is 46.6 Å². The summed E-state index contributed by atoms with van der Waals surface area (Å²) >= 11 is 6.23. The number of nitrogens with zero attached hydrogens (tertiary/aromatic N) is 2. The molecule has 0 aliphatic heterocycles. The maximum absolute atomic E-state index is 12.4. The van der Waals surface area contributed by atoms with Gasteiger partial charge in [0.2, 0.25) is 0 Å². The average Bonchev–Trinajstić information content (AvgIpc) is 3.19. The van der Waals surface area contributed by atoms with E-state index >= 15 is 0 Å². The summed E-state index contributed by atoms with van der Waals surface area (Å²) in [6.07, 6.45) is 2.13. The van der Waals surface area contributed by atoms with Crippen LogP contribution < -0.4 is 4.74 Å². The quantitative estimate of drug-likeness (QED) is 0.185. The molecule has 4 rings (SSSR count). The second-order valence-electron chi connectivity index (χ2n) is 9.25. The first kappa shape index (κ1) is 24.8. The van der Waals surface area contributed by atoms with Crippen LogP contribution in [0.5, 0.6) is 11.5 Å². The number of hydrogen-bond acceptors (Lipinski definition) is 4. The number of aromatic nitrogens is 2. The fourth-order valence-corrected chi connectivity index (χ4v) is 4.44. The molecule has 35 heavy (non-hydrogen) atoms. The number of phenolic OH excluding ortho intramolecular Hbond substituents is 1. The minimum absolute atomic E-state index is 0.0178. The van der Waals surface area contributed by atoms with Crippen LogP contribution >= 0.6 is 11.6 Å². The Morgan fingerprint density at radius 2 is 1.89 bits per heavy atom. The Bertz CT molecular complexity index is 1340. The number of phenols is 1. The molecule has 0 bridgehead atoms. The Hall–Kier alpha value is -3.31. The van der Waals surface area contributed by atoms with E-state index in [2.05, 4.69) is 10.6 Å². The molecule has 1 N–H and O–H groups in total. The van der Waals surface area contributed by atoms with E-state index in [1.807, 2.05) is 56.3 Å². The van der Waals surface area contributed by atoms with Gasteiger partial charge in [0.15, 0.2) is 5.78 Å². The van der Waals surface area contributed by atoms with Gasteiger partial charge in [0.1, 0.15) is 17.3 Å². The molecule has 4 aromatic rings. The van der Waals surface area contributed by atoms with Gasteiger partial charge < -0.3 is 14.4 Å². The molecular weight excluding hydrogens is 460 g/mol. The molecule has 0 unspecified atom stereocenters. The minimum atomic E-state index is -0.0461. The summed E-state index contributed by atoms with van der Waals surface area (Å²) in [5.41, 5.74) is 4.00. The number of ether oxygens (including phenoxy) is 1. The third kappa shape index (κ3) is 5.68. The number of rotatable bonds is 10. The highest BCUT2D eigenvalue weighted by atomic mass is 35.5. The van der Waals surface area contributed by atoms with E-state index in [0.29, 0.717) is 34.9 Å². The maximum atomic E-state index is 12.4. The highest BCUT2D eigenvalue weighted by Crippen LogP contribution is 2.32. The highest BCUT2D eigenvalue weighted by molar-refractivity contribution is 6.30. The lowest BCUT2D eigenvalue weighted by molar-refractivity contribution is 0.0965. The molecule has 5 nitrogen and oxygen atoms in total. The average molecular weight is 491 g/mol. The van der Waals surface area contributed by atoms with E-state index < -0.39 is 0 Å². The van der Waals surface area contributed by atoms with Crippen molar-refractivity contribution < 1.29 is 14.6 Å². The van der Waals surface area contributed by atoms with E-state index in [0.717, 1.165) is 41.8 Å². The highest BCUT2D eigenvalue weighted by Gasteiger charge is 2.17. The lowest BCUT2D eigenvalue weighted by atomic mass is 9.98. The van der Waals surface area contributed by atoms with Crippen LogP contribution in [0.15, 0.2) is 60.7 Å². The van der Waals surface area contributed by atoms with Gasteiger partial charge in [-0.2, -0.15) is 0 Å². The number of halogens is 1. The molecule has 0 fully saturated rings. The summed E-state index contributed by atoms with van der Waals surface area (Å²) in [4.78, 5) is 17.2. The summed E-state index contributed by atoms with van der Waals surface area (Å²) in [7, 11) is 0. The third-order valence-electron chi connectivity index (χ3n) is 6.05. The van der Waals surface area contributed by atoms with Gasteiger partial charge in [-0.25, -0.2) is 4.98 Å². The number of para-hydroxylation sites is 2. The molecule has 1 heterocycles. The number of unbranched alkanes of at least 4 members (excludes halogenated alkanes) is 1. The summed E-state index contributed by atoms with van der Waals surface area (Å²) in [6, 6.07) is 19.3. The molecule has 0 amide bonds.